The molecule has 0 aliphatic heterocycles. The summed E-state index contributed by atoms with van der Waals surface area (Å²) in [6.45, 7) is 1.79. The summed E-state index contributed by atoms with van der Waals surface area (Å²) in [5.74, 6) is -2.54. The molecular weight excluding hydrogens is 146 g/mol. The minimum absolute atomic E-state index is 0.0321. The van der Waals surface area contributed by atoms with Gasteiger partial charge in [-0.3, -0.25) is 0 Å². The lowest BCUT2D eigenvalue weighted by Gasteiger charge is -2.16. The molecule has 0 saturated carbocycles. The molecule has 0 N–H and O–H groups in total. The van der Waals surface area contributed by atoms with E-state index in [9.17, 15) is 8.78 Å². The summed E-state index contributed by atoms with van der Waals surface area (Å²) in [5, 5.41) is 0. The Labute approximate surface area is 66.3 Å². The third kappa shape index (κ3) is 3.00. The maximum absolute atomic E-state index is 12.8. The molecule has 0 radical (unpaired) electrons. The van der Waals surface area contributed by atoms with Gasteiger partial charge < -0.3 is 0 Å². The maximum Gasteiger partial charge on any atom is 0.266 e. The topological polar surface area (TPSA) is 0 Å². The van der Waals surface area contributed by atoms with E-state index in [-0.39, 0.29) is 6.42 Å². The molecule has 0 heterocycles. The normalized spacial score (nSPS) is 29.9. The summed E-state index contributed by atoms with van der Waals surface area (Å²) in [5.41, 5.74) is 0.842. The predicted octanol–water partition coefficient (Wildman–Crippen LogP) is 3.53. The number of allylic oxidation sites excluding steroid dienone is 2. The summed E-state index contributed by atoms with van der Waals surface area (Å²) in [6, 6.07) is 0. The highest BCUT2D eigenvalue weighted by molar-refractivity contribution is 5.06. The first kappa shape index (κ1) is 8.69. The summed E-state index contributed by atoms with van der Waals surface area (Å²) in [4.78, 5) is 0. The molecule has 0 aromatic heterocycles. The number of hydrogen-bond donors (Lipinski definition) is 0. The lowest BCUT2D eigenvalue weighted by atomic mass is 9.99. The highest BCUT2D eigenvalue weighted by Crippen LogP contribution is 2.28. The van der Waals surface area contributed by atoms with Gasteiger partial charge in [0.15, 0.2) is 0 Å². The van der Waals surface area contributed by atoms with Crippen LogP contribution in [0.15, 0.2) is 11.6 Å². The average Bonchev–Trinajstić information content (AvgIpc) is 1.82. The molecule has 11 heavy (non-hydrogen) atoms. The standard InChI is InChI=1S/C9H14F2/c1-8-5-3-2-4-6-9(10,11)7-8/h7H,2-6H2,1H3/b8-7-. The van der Waals surface area contributed by atoms with Crippen LogP contribution in [0.4, 0.5) is 8.78 Å². The minimum Gasteiger partial charge on any atom is -0.202 e. The van der Waals surface area contributed by atoms with Crippen molar-refractivity contribution >= 4 is 0 Å². The van der Waals surface area contributed by atoms with Gasteiger partial charge in [-0.25, -0.2) is 8.78 Å². The molecule has 0 aromatic carbocycles. The maximum atomic E-state index is 12.8. The van der Waals surface area contributed by atoms with Crippen LogP contribution in [0.3, 0.4) is 0 Å². The van der Waals surface area contributed by atoms with E-state index in [4.69, 9.17) is 0 Å². The number of rotatable bonds is 0. The monoisotopic (exact) mass is 160 g/mol. The van der Waals surface area contributed by atoms with Crippen LogP contribution in [0, 0.1) is 0 Å². The molecule has 0 spiro atoms. The Kier molecular flexibility index (Phi) is 2.63. The fourth-order valence-corrected chi connectivity index (χ4v) is 1.45. The lowest BCUT2D eigenvalue weighted by molar-refractivity contribution is 0.0403. The van der Waals surface area contributed by atoms with Crippen molar-refractivity contribution in [3.05, 3.63) is 11.6 Å². The molecule has 0 bridgehead atoms. The smallest absolute Gasteiger partial charge is 0.202 e. The molecular formula is C9H14F2. The van der Waals surface area contributed by atoms with Gasteiger partial charge in [0.1, 0.15) is 0 Å². The largest absolute Gasteiger partial charge is 0.266 e. The van der Waals surface area contributed by atoms with E-state index in [1.165, 1.54) is 0 Å². The molecule has 1 aliphatic rings. The number of alkyl halides is 2. The van der Waals surface area contributed by atoms with Gasteiger partial charge in [-0.1, -0.05) is 12.0 Å². The van der Waals surface area contributed by atoms with E-state index < -0.39 is 5.92 Å². The second-order valence-electron chi connectivity index (χ2n) is 3.31. The molecule has 0 atom stereocenters. The van der Waals surface area contributed by atoms with Gasteiger partial charge >= 0.3 is 0 Å². The van der Waals surface area contributed by atoms with E-state index in [0.29, 0.717) is 6.42 Å². The zero-order chi connectivity index (χ0) is 8.32. The summed E-state index contributed by atoms with van der Waals surface area (Å²) < 4.78 is 25.6. The van der Waals surface area contributed by atoms with Gasteiger partial charge in [0.2, 0.25) is 0 Å². The average molecular weight is 160 g/mol. The fraction of sp³-hybridized carbons (Fsp3) is 0.778. The molecule has 2 heteroatoms. The Morgan fingerprint density at radius 1 is 1.27 bits per heavy atom. The van der Waals surface area contributed by atoms with E-state index in [1.54, 1.807) is 6.92 Å². The van der Waals surface area contributed by atoms with Crippen LogP contribution in [-0.4, -0.2) is 5.92 Å². The zero-order valence-electron chi connectivity index (χ0n) is 6.87. The molecule has 1 aliphatic carbocycles. The summed E-state index contributed by atoms with van der Waals surface area (Å²) in [6.07, 6.45) is 4.68. The van der Waals surface area contributed by atoms with Crippen LogP contribution in [0.1, 0.15) is 39.0 Å². The molecule has 0 unspecified atom stereocenters. The first-order valence-corrected chi connectivity index (χ1v) is 4.16. The second-order valence-corrected chi connectivity index (χ2v) is 3.31. The van der Waals surface area contributed by atoms with Crippen LogP contribution in [0.5, 0.6) is 0 Å². The van der Waals surface area contributed by atoms with Crippen LogP contribution < -0.4 is 0 Å². The Balaban J connectivity index is 2.64. The highest BCUT2D eigenvalue weighted by Gasteiger charge is 2.25. The van der Waals surface area contributed by atoms with Crippen LogP contribution in [0.2, 0.25) is 0 Å². The van der Waals surface area contributed by atoms with Crippen molar-refractivity contribution in [3.8, 4) is 0 Å². The van der Waals surface area contributed by atoms with E-state index in [1.807, 2.05) is 0 Å². The fourth-order valence-electron chi connectivity index (χ4n) is 1.45. The molecule has 0 amide bonds. The quantitative estimate of drug-likeness (QED) is 0.475. The van der Waals surface area contributed by atoms with Gasteiger partial charge in [0.25, 0.3) is 5.92 Å². The molecule has 0 nitrogen and oxygen atoms in total. The van der Waals surface area contributed by atoms with Crippen molar-refractivity contribution in [2.45, 2.75) is 45.0 Å². The lowest BCUT2D eigenvalue weighted by Crippen LogP contribution is -2.13. The first-order valence-electron chi connectivity index (χ1n) is 4.16. The SMILES string of the molecule is C/C1=C/C(F)(F)CCCCC1. The first-order chi connectivity index (χ1) is 5.10. The molecule has 0 saturated heterocycles. The minimum atomic E-state index is -2.54. The zero-order valence-corrected chi connectivity index (χ0v) is 6.87. The van der Waals surface area contributed by atoms with Crippen molar-refractivity contribution in [1.29, 1.82) is 0 Å². The van der Waals surface area contributed by atoms with Crippen molar-refractivity contribution in [2.24, 2.45) is 0 Å². The van der Waals surface area contributed by atoms with Crippen LogP contribution in [0.25, 0.3) is 0 Å². The van der Waals surface area contributed by atoms with Gasteiger partial charge in [-0.2, -0.15) is 0 Å². The number of hydrogen-bond acceptors (Lipinski definition) is 0. The Morgan fingerprint density at radius 2 is 2.00 bits per heavy atom. The second kappa shape index (κ2) is 3.33. The Morgan fingerprint density at radius 3 is 2.73 bits per heavy atom. The van der Waals surface area contributed by atoms with Gasteiger partial charge in [-0.05, 0) is 32.3 Å². The van der Waals surface area contributed by atoms with E-state index in [0.717, 1.165) is 30.9 Å². The Bertz CT molecular complexity index is 159. The molecule has 0 fully saturated rings. The predicted molar refractivity (Wildman–Crippen MR) is 41.8 cm³/mol. The molecule has 1 rings (SSSR count). The summed E-state index contributed by atoms with van der Waals surface area (Å²) in [7, 11) is 0. The summed E-state index contributed by atoms with van der Waals surface area (Å²) >= 11 is 0. The third-order valence-electron chi connectivity index (χ3n) is 2.04. The van der Waals surface area contributed by atoms with E-state index >= 15 is 0 Å². The highest BCUT2D eigenvalue weighted by atomic mass is 19.3. The number of halogens is 2. The van der Waals surface area contributed by atoms with Crippen molar-refractivity contribution in [3.63, 3.8) is 0 Å². The van der Waals surface area contributed by atoms with Crippen molar-refractivity contribution < 1.29 is 8.78 Å². The van der Waals surface area contributed by atoms with Gasteiger partial charge in [0.05, 0.1) is 0 Å². The van der Waals surface area contributed by atoms with Crippen LogP contribution >= 0.6 is 0 Å². The van der Waals surface area contributed by atoms with Gasteiger partial charge in [0, 0.05) is 6.42 Å². The Hall–Kier alpha value is -0.400. The molecule has 64 valence electrons. The van der Waals surface area contributed by atoms with Gasteiger partial charge in [-0.15, -0.1) is 0 Å². The van der Waals surface area contributed by atoms with Crippen molar-refractivity contribution in [2.75, 3.05) is 0 Å². The third-order valence-corrected chi connectivity index (χ3v) is 2.04. The van der Waals surface area contributed by atoms with Crippen LogP contribution in [-0.2, 0) is 0 Å². The molecule has 0 aromatic rings. The van der Waals surface area contributed by atoms with E-state index in [2.05, 4.69) is 0 Å². The van der Waals surface area contributed by atoms with Crippen molar-refractivity contribution in [1.82, 2.24) is 0 Å².